The Kier molecular flexibility index (Phi) is 5.60. The van der Waals surface area contributed by atoms with Crippen LogP contribution in [0.1, 0.15) is 25.8 Å². The minimum atomic E-state index is -0.203. The molecule has 116 valence electrons. The predicted molar refractivity (Wildman–Crippen MR) is 89.2 cm³/mol. The second-order valence-corrected chi connectivity index (χ2v) is 5.42. The van der Waals surface area contributed by atoms with E-state index in [4.69, 9.17) is 9.47 Å². The number of ether oxygens (including phenoxy) is 2. The third kappa shape index (κ3) is 3.88. The van der Waals surface area contributed by atoms with Gasteiger partial charge in [-0.15, -0.1) is 0 Å². The summed E-state index contributed by atoms with van der Waals surface area (Å²) in [6, 6.07) is 9.60. The monoisotopic (exact) mass is 298 g/mol. The zero-order valence-corrected chi connectivity index (χ0v) is 13.5. The SMILES string of the molecule is COC1=N[C@H](CC#Cc2ccccc2)C(OC)=N[C@H]1C(C)C. The van der Waals surface area contributed by atoms with Gasteiger partial charge >= 0.3 is 0 Å². The smallest absolute Gasteiger partial charge is 0.210 e. The maximum absolute atomic E-state index is 5.40. The maximum Gasteiger partial charge on any atom is 0.210 e. The molecule has 4 nitrogen and oxygen atoms in total. The van der Waals surface area contributed by atoms with Crippen LogP contribution in [0.25, 0.3) is 0 Å². The van der Waals surface area contributed by atoms with Crippen molar-refractivity contribution in [2.75, 3.05) is 14.2 Å². The Morgan fingerprint density at radius 3 is 2.32 bits per heavy atom. The van der Waals surface area contributed by atoms with Crippen LogP contribution >= 0.6 is 0 Å². The normalized spacial score (nSPS) is 20.6. The van der Waals surface area contributed by atoms with Crippen molar-refractivity contribution in [2.45, 2.75) is 32.4 Å². The summed E-state index contributed by atoms with van der Waals surface area (Å²) in [5.41, 5.74) is 0.991. The first-order chi connectivity index (χ1) is 10.7. The Morgan fingerprint density at radius 2 is 1.73 bits per heavy atom. The lowest BCUT2D eigenvalue weighted by Crippen LogP contribution is -2.37. The van der Waals surface area contributed by atoms with Crippen LogP contribution < -0.4 is 0 Å². The summed E-state index contributed by atoms with van der Waals surface area (Å²) in [6.07, 6.45) is 0.555. The second-order valence-electron chi connectivity index (χ2n) is 5.42. The van der Waals surface area contributed by atoms with Crippen LogP contribution in [0.15, 0.2) is 40.3 Å². The molecule has 0 bridgehead atoms. The van der Waals surface area contributed by atoms with E-state index in [0.29, 0.717) is 24.1 Å². The van der Waals surface area contributed by atoms with Crippen LogP contribution in [0, 0.1) is 17.8 Å². The summed E-state index contributed by atoms with van der Waals surface area (Å²) < 4.78 is 10.8. The highest BCUT2D eigenvalue weighted by atomic mass is 16.5. The van der Waals surface area contributed by atoms with E-state index < -0.39 is 0 Å². The van der Waals surface area contributed by atoms with Gasteiger partial charge in [0.15, 0.2) is 0 Å². The number of methoxy groups -OCH3 is 2. The average molecular weight is 298 g/mol. The van der Waals surface area contributed by atoms with Crippen molar-refractivity contribution >= 4 is 11.8 Å². The first kappa shape index (κ1) is 16.1. The van der Waals surface area contributed by atoms with Gasteiger partial charge in [0.1, 0.15) is 12.1 Å². The molecule has 0 spiro atoms. The number of hydrogen-bond acceptors (Lipinski definition) is 4. The van der Waals surface area contributed by atoms with Crippen LogP contribution in [-0.4, -0.2) is 38.1 Å². The summed E-state index contributed by atoms with van der Waals surface area (Å²) in [7, 11) is 3.26. The van der Waals surface area contributed by atoms with Crippen molar-refractivity contribution in [2.24, 2.45) is 15.9 Å². The molecule has 1 aliphatic rings. The van der Waals surface area contributed by atoms with Gasteiger partial charge in [-0.1, -0.05) is 43.9 Å². The quantitative estimate of drug-likeness (QED) is 0.788. The molecule has 1 aliphatic heterocycles. The Hall–Kier alpha value is -2.28. The topological polar surface area (TPSA) is 43.2 Å². The predicted octanol–water partition coefficient (Wildman–Crippen LogP) is 2.92. The van der Waals surface area contributed by atoms with E-state index in [9.17, 15) is 0 Å². The molecule has 4 heteroatoms. The van der Waals surface area contributed by atoms with Crippen molar-refractivity contribution in [3.8, 4) is 11.8 Å². The second kappa shape index (κ2) is 7.65. The fourth-order valence-corrected chi connectivity index (χ4v) is 2.26. The highest BCUT2D eigenvalue weighted by molar-refractivity contribution is 5.94. The number of rotatable bonds is 2. The summed E-state index contributed by atoms with van der Waals surface area (Å²) in [5.74, 6) is 7.87. The van der Waals surface area contributed by atoms with Crippen LogP contribution in [0.5, 0.6) is 0 Å². The lowest BCUT2D eigenvalue weighted by Gasteiger charge is -2.26. The minimum Gasteiger partial charge on any atom is -0.483 e. The van der Waals surface area contributed by atoms with E-state index in [1.54, 1.807) is 14.2 Å². The number of nitrogens with zero attached hydrogens (tertiary/aromatic N) is 2. The van der Waals surface area contributed by atoms with Gasteiger partial charge in [-0.25, -0.2) is 9.98 Å². The minimum absolute atomic E-state index is 0.0849. The van der Waals surface area contributed by atoms with Gasteiger partial charge in [-0.3, -0.25) is 0 Å². The van der Waals surface area contributed by atoms with Crippen molar-refractivity contribution in [1.82, 2.24) is 0 Å². The van der Waals surface area contributed by atoms with E-state index in [1.807, 2.05) is 30.3 Å². The lowest BCUT2D eigenvalue weighted by atomic mass is 10.0. The summed E-state index contributed by atoms with van der Waals surface area (Å²) in [5, 5.41) is 0. The molecule has 0 radical (unpaired) electrons. The molecule has 0 unspecified atom stereocenters. The van der Waals surface area contributed by atoms with E-state index in [-0.39, 0.29) is 12.1 Å². The Morgan fingerprint density at radius 1 is 1.05 bits per heavy atom. The number of hydrogen-bond donors (Lipinski definition) is 0. The third-order valence-electron chi connectivity index (χ3n) is 3.44. The van der Waals surface area contributed by atoms with E-state index in [0.717, 1.165) is 5.56 Å². The van der Waals surface area contributed by atoms with Gasteiger partial charge in [0.25, 0.3) is 0 Å². The van der Waals surface area contributed by atoms with Gasteiger partial charge in [0.2, 0.25) is 11.8 Å². The average Bonchev–Trinajstić information content (AvgIpc) is 2.55. The lowest BCUT2D eigenvalue weighted by molar-refractivity contribution is 0.333. The van der Waals surface area contributed by atoms with Crippen LogP contribution in [0.3, 0.4) is 0 Å². The molecule has 1 heterocycles. The van der Waals surface area contributed by atoms with E-state index >= 15 is 0 Å². The van der Waals surface area contributed by atoms with Gasteiger partial charge in [-0.2, -0.15) is 0 Å². The molecule has 2 atom stereocenters. The van der Waals surface area contributed by atoms with Gasteiger partial charge in [0, 0.05) is 12.0 Å². The fourth-order valence-electron chi connectivity index (χ4n) is 2.26. The molecule has 1 aromatic rings. The molecule has 1 aromatic carbocycles. The van der Waals surface area contributed by atoms with Crippen LogP contribution in [-0.2, 0) is 9.47 Å². The van der Waals surface area contributed by atoms with Crippen molar-refractivity contribution < 1.29 is 9.47 Å². The highest BCUT2D eigenvalue weighted by Gasteiger charge is 2.30. The summed E-state index contributed by atoms with van der Waals surface area (Å²) in [4.78, 5) is 9.25. The highest BCUT2D eigenvalue weighted by Crippen LogP contribution is 2.18. The summed E-state index contributed by atoms with van der Waals surface area (Å²) >= 11 is 0. The molecule has 0 saturated heterocycles. The molecule has 2 rings (SSSR count). The number of aliphatic imine (C=N–C) groups is 2. The van der Waals surface area contributed by atoms with Gasteiger partial charge < -0.3 is 9.47 Å². The Labute approximate surface area is 132 Å². The fraction of sp³-hybridized carbons (Fsp3) is 0.444. The van der Waals surface area contributed by atoms with E-state index in [1.165, 1.54) is 0 Å². The zero-order chi connectivity index (χ0) is 15.9. The zero-order valence-electron chi connectivity index (χ0n) is 13.5. The molecular weight excluding hydrogens is 276 g/mol. The number of benzene rings is 1. The summed E-state index contributed by atoms with van der Waals surface area (Å²) in [6.45, 7) is 4.18. The molecular formula is C18H22N2O2. The molecule has 0 fully saturated rings. The largest absolute Gasteiger partial charge is 0.483 e. The molecule has 0 N–H and O–H groups in total. The Bertz CT molecular complexity index is 609. The first-order valence-electron chi connectivity index (χ1n) is 7.43. The van der Waals surface area contributed by atoms with E-state index in [2.05, 4.69) is 35.7 Å². The molecule has 22 heavy (non-hydrogen) atoms. The molecule has 0 amide bonds. The maximum atomic E-state index is 5.40. The third-order valence-corrected chi connectivity index (χ3v) is 3.44. The van der Waals surface area contributed by atoms with Crippen molar-refractivity contribution in [1.29, 1.82) is 0 Å². The standard InChI is InChI=1S/C18H22N2O2/c1-13(2)16-18(22-4)19-15(17(20-16)21-3)12-8-11-14-9-6-5-7-10-14/h5-7,9-10,13,15-16H,12H2,1-4H3/t15-,16+/m1/s1. The van der Waals surface area contributed by atoms with Crippen molar-refractivity contribution in [3.63, 3.8) is 0 Å². The molecule has 0 aliphatic carbocycles. The van der Waals surface area contributed by atoms with Gasteiger partial charge in [-0.05, 0) is 18.1 Å². The van der Waals surface area contributed by atoms with Gasteiger partial charge in [0.05, 0.1) is 14.2 Å². The van der Waals surface area contributed by atoms with Crippen molar-refractivity contribution in [3.05, 3.63) is 35.9 Å². The Balaban J connectivity index is 2.14. The molecule has 0 aromatic heterocycles. The van der Waals surface area contributed by atoms with Crippen LogP contribution in [0.4, 0.5) is 0 Å². The first-order valence-corrected chi connectivity index (χ1v) is 7.43. The molecule has 0 saturated carbocycles. The van der Waals surface area contributed by atoms with Crippen LogP contribution in [0.2, 0.25) is 0 Å².